The van der Waals surface area contributed by atoms with Gasteiger partial charge in [-0.05, 0) is 12.1 Å². The highest BCUT2D eigenvalue weighted by Gasteiger charge is 2.10. The van der Waals surface area contributed by atoms with E-state index in [1.54, 1.807) is 0 Å². The highest BCUT2D eigenvalue weighted by atomic mass is 16.4. The molecule has 17 heavy (non-hydrogen) atoms. The fraction of sp³-hybridized carbons (Fsp3) is 0.167. The Bertz CT molecular complexity index is 488. The summed E-state index contributed by atoms with van der Waals surface area (Å²) in [7, 11) is 0. The summed E-state index contributed by atoms with van der Waals surface area (Å²) in [5.41, 5.74) is 0.112. The molecular formula is C12H11NO4. The van der Waals surface area contributed by atoms with E-state index in [1.165, 1.54) is 18.2 Å². The van der Waals surface area contributed by atoms with Gasteiger partial charge in [0, 0.05) is 24.6 Å². The lowest BCUT2D eigenvalue weighted by Gasteiger charge is -2.06. The molecule has 0 aliphatic rings. The molecule has 0 aliphatic heterocycles. The van der Waals surface area contributed by atoms with Gasteiger partial charge in [-0.25, -0.2) is 4.79 Å². The van der Waals surface area contributed by atoms with Crippen LogP contribution < -0.4 is 5.32 Å². The SMILES string of the molecule is C#CCCC(=O)Nc1ccc(C(=O)O)c(O)c1. The number of carbonyl (C=O) groups is 2. The molecule has 0 aromatic heterocycles. The third-order valence-electron chi connectivity index (χ3n) is 2.01. The molecule has 5 heteroatoms. The van der Waals surface area contributed by atoms with Crippen LogP contribution in [0.4, 0.5) is 5.69 Å². The van der Waals surface area contributed by atoms with E-state index in [9.17, 15) is 14.7 Å². The Morgan fingerprint density at radius 1 is 1.41 bits per heavy atom. The predicted molar refractivity (Wildman–Crippen MR) is 61.8 cm³/mol. The van der Waals surface area contributed by atoms with Crippen LogP contribution in [-0.2, 0) is 4.79 Å². The van der Waals surface area contributed by atoms with Crippen LogP contribution in [0.2, 0.25) is 0 Å². The molecule has 0 heterocycles. The zero-order valence-corrected chi connectivity index (χ0v) is 8.93. The first-order chi connectivity index (χ1) is 8.04. The van der Waals surface area contributed by atoms with Gasteiger partial charge in [-0.2, -0.15) is 0 Å². The van der Waals surface area contributed by atoms with E-state index < -0.39 is 11.7 Å². The number of benzene rings is 1. The van der Waals surface area contributed by atoms with Crippen LogP contribution in [0.3, 0.4) is 0 Å². The van der Waals surface area contributed by atoms with Crippen molar-refractivity contribution in [3.05, 3.63) is 23.8 Å². The molecule has 0 unspecified atom stereocenters. The molecule has 0 radical (unpaired) electrons. The van der Waals surface area contributed by atoms with Crippen LogP contribution in [0.5, 0.6) is 5.75 Å². The molecule has 0 aliphatic carbocycles. The maximum absolute atomic E-state index is 11.3. The van der Waals surface area contributed by atoms with Crippen molar-refractivity contribution in [3.63, 3.8) is 0 Å². The molecule has 0 saturated carbocycles. The fourth-order valence-corrected chi connectivity index (χ4v) is 1.20. The van der Waals surface area contributed by atoms with Crippen molar-refractivity contribution in [2.75, 3.05) is 5.32 Å². The number of terminal acetylenes is 1. The molecular weight excluding hydrogens is 222 g/mol. The smallest absolute Gasteiger partial charge is 0.339 e. The molecule has 0 fully saturated rings. The summed E-state index contributed by atoms with van der Waals surface area (Å²) in [6, 6.07) is 3.79. The number of carboxylic acid groups (broad SMARTS) is 1. The number of amides is 1. The molecule has 1 aromatic rings. The van der Waals surface area contributed by atoms with Gasteiger partial charge in [0.05, 0.1) is 0 Å². The molecule has 1 amide bonds. The monoisotopic (exact) mass is 233 g/mol. The molecule has 0 saturated heterocycles. The molecule has 5 nitrogen and oxygen atoms in total. The minimum atomic E-state index is -1.23. The van der Waals surface area contributed by atoms with Crippen LogP contribution in [0.15, 0.2) is 18.2 Å². The Morgan fingerprint density at radius 2 is 2.12 bits per heavy atom. The van der Waals surface area contributed by atoms with Crippen LogP contribution in [0.25, 0.3) is 0 Å². The summed E-state index contributed by atoms with van der Waals surface area (Å²) in [6.45, 7) is 0. The lowest BCUT2D eigenvalue weighted by molar-refractivity contribution is -0.116. The van der Waals surface area contributed by atoms with Gasteiger partial charge >= 0.3 is 5.97 Å². The Labute approximate surface area is 98.1 Å². The summed E-state index contributed by atoms with van der Waals surface area (Å²) in [5.74, 6) is 0.420. The number of aromatic hydroxyl groups is 1. The number of rotatable bonds is 4. The molecule has 0 atom stereocenters. The van der Waals surface area contributed by atoms with Crippen LogP contribution in [0, 0.1) is 12.3 Å². The zero-order chi connectivity index (χ0) is 12.8. The summed E-state index contributed by atoms with van der Waals surface area (Å²) in [5, 5.41) is 20.6. The van der Waals surface area contributed by atoms with Crippen molar-refractivity contribution < 1.29 is 19.8 Å². The number of phenols is 1. The number of anilines is 1. The minimum Gasteiger partial charge on any atom is -0.507 e. The molecule has 1 aromatic carbocycles. The van der Waals surface area contributed by atoms with E-state index >= 15 is 0 Å². The van der Waals surface area contributed by atoms with Gasteiger partial charge in [-0.3, -0.25) is 4.79 Å². The summed E-state index contributed by atoms with van der Waals surface area (Å²) in [6.07, 6.45) is 5.52. The maximum atomic E-state index is 11.3. The third kappa shape index (κ3) is 3.54. The van der Waals surface area contributed by atoms with Gasteiger partial charge in [0.15, 0.2) is 0 Å². The van der Waals surface area contributed by atoms with Crippen molar-refractivity contribution in [1.29, 1.82) is 0 Å². The number of hydrogen-bond acceptors (Lipinski definition) is 3. The van der Waals surface area contributed by atoms with E-state index in [0.29, 0.717) is 12.1 Å². The van der Waals surface area contributed by atoms with Gasteiger partial charge in [-0.15, -0.1) is 12.3 Å². The normalized spacial score (nSPS) is 9.35. The molecule has 0 spiro atoms. The quantitative estimate of drug-likeness (QED) is 0.687. The minimum absolute atomic E-state index is 0.179. The number of hydrogen-bond donors (Lipinski definition) is 3. The largest absolute Gasteiger partial charge is 0.507 e. The third-order valence-corrected chi connectivity index (χ3v) is 2.01. The second-order valence-electron chi connectivity index (χ2n) is 3.29. The lowest BCUT2D eigenvalue weighted by Crippen LogP contribution is -2.11. The van der Waals surface area contributed by atoms with E-state index in [-0.39, 0.29) is 17.9 Å². The molecule has 1 rings (SSSR count). The number of carboxylic acids is 1. The fourth-order valence-electron chi connectivity index (χ4n) is 1.20. The van der Waals surface area contributed by atoms with Crippen molar-refractivity contribution in [3.8, 4) is 18.1 Å². The van der Waals surface area contributed by atoms with E-state index in [1.807, 2.05) is 0 Å². The Morgan fingerprint density at radius 3 is 2.65 bits per heavy atom. The first-order valence-corrected chi connectivity index (χ1v) is 4.84. The molecule has 3 N–H and O–H groups in total. The maximum Gasteiger partial charge on any atom is 0.339 e. The Kier molecular flexibility index (Phi) is 4.12. The van der Waals surface area contributed by atoms with Gasteiger partial charge in [0.25, 0.3) is 0 Å². The highest BCUT2D eigenvalue weighted by molar-refractivity contribution is 5.94. The van der Waals surface area contributed by atoms with Crippen LogP contribution in [-0.4, -0.2) is 22.1 Å². The Hall–Kier alpha value is -2.48. The number of nitrogens with one attached hydrogen (secondary N) is 1. The van der Waals surface area contributed by atoms with Crippen LogP contribution >= 0.6 is 0 Å². The highest BCUT2D eigenvalue weighted by Crippen LogP contribution is 2.22. The summed E-state index contributed by atoms with van der Waals surface area (Å²) in [4.78, 5) is 21.9. The van der Waals surface area contributed by atoms with Crippen LogP contribution in [0.1, 0.15) is 23.2 Å². The summed E-state index contributed by atoms with van der Waals surface area (Å²) >= 11 is 0. The second-order valence-corrected chi connectivity index (χ2v) is 3.29. The van der Waals surface area contributed by atoms with Crippen molar-refractivity contribution in [1.82, 2.24) is 0 Å². The average molecular weight is 233 g/mol. The van der Waals surface area contributed by atoms with E-state index in [4.69, 9.17) is 11.5 Å². The van der Waals surface area contributed by atoms with Crippen molar-refractivity contribution >= 4 is 17.6 Å². The lowest BCUT2D eigenvalue weighted by atomic mass is 10.2. The molecule has 88 valence electrons. The standard InChI is InChI=1S/C12H11NO4/c1-2-3-4-11(15)13-8-5-6-9(12(16)17)10(14)7-8/h1,5-7,14H,3-4H2,(H,13,15)(H,16,17). The number of carbonyl (C=O) groups excluding carboxylic acids is 1. The van der Waals surface area contributed by atoms with Gasteiger partial charge in [0.1, 0.15) is 11.3 Å². The Balaban J connectivity index is 2.75. The zero-order valence-electron chi connectivity index (χ0n) is 8.93. The topological polar surface area (TPSA) is 86.6 Å². The summed E-state index contributed by atoms with van der Waals surface area (Å²) < 4.78 is 0. The van der Waals surface area contributed by atoms with Crippen molar-refractivity contribution in [2.45, 2.75) is 12.8 Å². The first kappa shape index (κ1) is 12.6. The second kappa shape index (κ2) is 5.56. The average Bonchev–Trinajstić information content (AvgIpc) is 2.26. The molecule has 0 bridgehead atoms. The predicted octanol–water partition coefficient (Wildman–Crippen LogP) is 1.44. The van der Waals surface area contributed by atoms with Gasteiger partial charge in [0.2, 0.25) is 5.91 Å². The van der Waals surface area contributed by atoms with Crippen molar-refractivity contribution in [2.24, 2.45) is 0 Å². The first-order valence-electron chi connectivity index (χ1n) is 4.84. The van der Waals surface area contributed by atoms with Gasteiger partial charge in [-0.1, -0.05) is 0 Å². The number of aromatic carboxylic acids is 1. The van der Waals surface area contributed by atoms with Gasteiger partial charge < -0.3 is 15.5 Å². The van der Waals surface area contributed by atoms with E-state index in [2.05, 4.69) is 11.2 Å². The van der Waals surface area contributed by atoms with E-state index in [0.717, 1.165) is 0 Å².